The fraction of sp³-hybridized carbons (Fsp3) is 0.643. The van der Waals surface area contributed by atoms with Gasteiger partial charge in [-0.3, -0.25) is 14.4 Å². The van der Waals surface area contributed by atoms with Gasteiger partial charge >= 0.3 is 6.09 Å². The molecule has 2 atom stereocenters. The number of benzene rings is 1. The smallest absolute Gasteiger partial charge is 0.408 e. The maximum Gasteiger partial charge on any atom is 0.408 e. The lowest BCUT2D eigenvalue weighted by atomic mass is 9.85. The Morgan fingerprint density at radius 2 is 1.62 bits per heavy atom. The Morgan fingerprint density at radius 1 is 1.05 bits per heavy atom. The van der Waals surface area contributed by atoms with Gasteiger partial charge in [-0.1, -0.05) is 18.2 Å². The summed E-state index contributed by atoms with van der Waals surface area (Å²) in [5.41, 5.74) is 6.62. The number of primary amides is 1. The van der Waals surface area contributed by atoms with Crippen LogP contribution in [0.5, 0.6) is 0 Å². The molecule has 1 aliphatic rings. The molecule has 0 aliphatic heterocycles. The van der Waals surface area contributed by atoms with Crippen LogP contribution in [0.4, 0.5) is 4.79 Å². The second-order valence-electron chi connectivity index (χ2n) is 12.0. The normalized spacial score (nSPS) is 15.7. The van der Waals surface area contributed by atoms with Crippen LogP contribution in [0.2, 0.25) is 0 Å². The van der Waals surface area contributed by atoms with Crippen molar-refractivity contribution in [3.63, 3.8) is 0 Å². The van der Waals surface area contributed by atoms with Crippen LogP contribution in [0.25, 0.3) is 0 Å². The van der Waals surface area contributed by atoms with Crippen molar-refractivity contribution in [2.24, 2.45) is 5.73 Å². The average molecular weight is 517 g/mol. The van der Waals surface area contributed by atoms with E-state index in [9.17, 15) is 19.2 Å². The average Bonchev–Trinajstić information content (AvgIpc) is 2.67. The molecule has 0 radical (unpaired) electrons. The number of hydrogen-bond donors (Lipinski definition) is 3. The molecule has 37 heavy (non-hydrogen) atoms. The van der Waals surface area contributed by atoms with Crippen molar-refractivity contribution in [3.8, 4) is 0 Å². The number of nitrogens with two attached hydrogens (primary N) is 1. The van der Waals surface area contributed by atoms with E-state index in [4.69, 9.17) is 10.5 Å². The van der Waals surface area contributed by atoms with Gasteiger partial charge in [0, 0.05) is 18.0 Å². The molecular formula is C28H44N4O5. The van der Waals surface area contributed by atoms with E-state index in [0.29, 0.717) is 0 Å². The highest BCUT2D eigenvalue weighted by molar-refractivity contribution is 5.93. The van der Waals surface area contributed by atoms with Crippen LogP contribution in [-0.4, -0.2) is 51.9 Å². The number of hydrogen-bond acceptors (Lipinski definition) is 5. The Labute approximate surface area is 220 Å². The summed E-state index contributed by atoms with van der Waals surface area (Å²) in [5.74, 6) is -1.32. The molecule has 1 saturated carbocycles. The van der Waals surface area contributed by atoms with Crippen molar-refractivity contribution in [2.45, 2.75) is 117 Å². The van der Waals surface area contributed by atoms with E-state index in [0.717, 1.165) is 36.0 Å². The van der Waals surface area contributed by atoms with Crippen molar-refractivity contribution in [3.05, 3.63) is 34.9 Å². The maximum atomic E-state index is 14.2. The standard InChI is InChI=1S/C28H44N4O5/c1-17-11-9-12-18(2)22(17)23(24(34)31-27(3,4)5)32(19-13-10-14-19)25(35)20(15-16-21(29)33)30-26(36)37-28(6,7)8/h9,11-12,19-20,23H,10,13-16H2,1-8H3,(H2,29,33)(H,30,36)(H,31,34). The number of nitrogens with zero attached hydrogens (tertiary/aromatic N) is 1. The van der Waals surface area contributed by atoms with Gasteiger partial charge in [0.05, 0.1) is 0 Å². The quantitative estimate of drug-likeness (QED) is 0.459. The molecule has 206 valence electrons. The summed E-state index contributed by atoms with van der Waals surface area (Å²) >= 11 is 0. The third kappa shape index (κ3) is 8.76. The number of rotatable bonds is 9. The lowest BCUT2D eigenvalue weighted by Crippen LogP contribution is -2.59. The zero-order valence-corrected chi connectivity index (χ0v) is 23.6. The number of alkyl carbamates (subject to hydrolysis) is 1. The largest absolute Gasteiger partial charge is 0.444 e. The van der Waals surface area contributed by atoms with Crippen molar-refractivity contribution >= 4 is 23.8 Å². The molecule has 4 N–H and O–H groups in total. The predicted octanol–water partition coefficient (Wildman–Crippen LogP) is 3.80. The summed E-state index contributed by atoms with van der Waals surface area (Å²) in [5, 5.41) is 5.70. The van der Waals surface area contributed by atoms with Gasteiger partial charge in [0.2, 0.25) is 17.7 Å². The molecule has 1 aromatic carbocycles. The molecule has 0 spiro atoms. The minimum atomic E-state index is -1.09. The highest BCUT2D eigenvalue weighted by atomic mass is 16.6. The van der Waals surface area contributed by atoms with E-state index in [1.165, 1.54) is 0 Å². The van der Waals surface area contributed by atoms with Crippen LogP contribution in [0.1, 0.15) is 96.4 Å². The fourth-order valence-electron chi connectivity index (χ4n) is 4.45. The Bertz CT molecular complexity index is 985. The van der Waals surface area contributed by atoms with E-state index in [-0.39, 0.29) is 24.8 Å². The fourth-order valence-corrected chi connectivity index (χ4v) is 4.45. The number of nitrogens with one attached hydrogen (secondary N) is 2. The Kier molecular flexibility index (Phi) is 9.74. The molecule has 0 aromatic heterocycles. The summed E-state index contributed by atoms with van der Waals surface area (Å²) in [4.78, 5) is 54.0. The van der Waals surface area contributed by atoms with Gasteiger partial charge in [-0.25, -0.2) is 4.79 Å². The zero-order valence-electron chi connectivity index (χ0n) is 23.6. The highest BCUT2D eigenvalue weighted by Gasteiger charge is 2.43. The summed E-state index contributed by atoms with van der Waals surface area (Å²) in [7, 11) is 0. The first-order valence-electron chi connectivity index (χ1n) is 13.0. The van der Waals surface area contributed by atoms with Crippen LogP contribution in [0.3, 0.4) is 0 Å². The lowest BCUT2D eigenvalue weighted by Gasteiger charge is -2.45. The summed E-state index contributed by atoms with van der Waals surface area (Å²) in [6, 6.07) is 3.59. The Balaban J connectivity index is 2.58. The molecule has 2 rings (SSSR count). The van der Waals surface area contributed by atoms with Gasteiger partial charge < -0.3 is 26.0 Å². The van der Waals surface area contributed by atoms with Crippen LogP contribution in [0.15, 0.2) is 18.2 Å². The molecule has 0 heterocycles. The van der Waals surface area contributed by atoms with Gasteiger partial charge in [0.25, 0.3) is 0 Å². The third-order valence-corrected chi connectivity index (χ3v) is 6.23. The molecule has 1 aliphatic carbocycles. The Morgan fingerprint density at radius 3 is 2.05 bits per heavy atom. The van der Waals surface area contributed by atoms with Crippen LogP contribution < -0.4 is 16.4 Å². The first kappa shape index (κ1) is 30.1. The summed E-state index contributed by atoms with van der Waals surface area (Å²) in [6.45, 7) is 14.7. The molecule has 1 fully saturated rings. The molecular weight excluding hydrogens is 472 g/mol. The van der Waals surface area contributed by atoms with Crippen LogP contribution in [0, 0.1) is 13.8 Å². The molecule has 4 amide bonds. The summed E-state index contributed by atoms with van der Waals surface area (Å²) < 4.78 is 5.39. The van der Waals surface area contributed by atoms with Crippen molar-refractivity contribution in [2.75, 3.05) is 0 Å². The number of carbonyl (C=O) groups excluding carboxylic acids is 4. The van der Waals surface area contributed by atoms with Gasteiger partial charge in [-0.2, -0.15) is 0 Å². The van der Waals surface area contributed by atoms with E-state index in [1.807, 2.05) is 52.8 Å². The molecule has 0 saturated heterocycles. The molecule has 0 bridgehead atoms. The highest BCUT2D eigenvalue weighted by Crippen LogP contribution is 2.36. The topological polar surface area (TPSA) is 131 Å². The minimum Gasteiger partial charge on any atom is -0.444 e. The van der Waals surface area contributed by atoms with E-state index in [2.05, 4.69) is 10.6 Å². The Hall–Kier alpha value is -3.10. The maximum absolute atomic E-state index is 14.2. The van der Waals surface area contributed by atoms with E-state index < -0.39 is 41.1 Å². The first-order valence-corrected chi connectivity index (χ1v) is 13.0. The number of aryl methyl sites for hydroxylation is 2. The predicted molar refractivity (Wildman–Crippen MR) is 143 cm³/mol. The van der Waals surface area contributed by atoms with Gasteiger partial charge in [0.15, 0.2) is 0 Å². The third-order valence-electron chi connectivity index (χ3n) is 6.23. The van der Waals surface area contributed by atoms with Gasteiger partial charge in [0.1, 0.15) is 17.7 Å². The first-order chi connectivity index (χ1) is 17.0. The number of amides is 4. The van der Waals surface area contributed by atoms with Gasteiger partial charge in [-0.05, 0) is 97.8 Å². The van der Waals surface area contributed by atoms with E-state index in [1.54, 1.807) is 25.7 Å². The molecule has 2 unspecified atom stereocenters. The van der Waals surface area contributed by atoms with Gasteiger partial charge in [-0.15, -0.1) is 0 Å². The van der Waals surface area contributed by atoms with Crippen LogP contribution in [-0.2, 0) is 19.1 Å². The monoisotopic (exact) mass is 516 g/mol. The second kappa shape index (κ2) is 12.0. The van der Waals surface area contributed by atoms with E-state index >= 15 is 0 Å². The SMILES string of the molecule is Cc1cccc(C)c1C(C(=O)NC(C)(C)C)N(C(=O)C(CCC(N)=O)NC(=O)OC(C)(C)C)C1CCC1. The van der Waals surface area contributed by atoms with Crippen molar-refractivity contribution in [1.82, 2.24) is 15.5 Å². The van der Waals surface area contributed by atoms with Crippen molar-refractivity contribution in [1.29, 1.82) is 0 Å². The molecule has 9 nitrogen and oxygen atoms in total. The zero-order chi connectivity index (χ0) is 28.1. The summed E-state index contributed by atoms with van der Waals surface area (Å²) in [6.07, 6.45) is 1.53. The number of carbonyl (C=O) groups is 4. The minimum absolute atomic E-state index is 0.00298. The van der Waals surface area contributed by atoms with Crippen LogP contribution >= 0.6 is 0 Å². The number of ether oxygens (including phenoxy) is 1. The second-order valence-corrected chi connectivity index (χ2v) is 12.0. The molecule has 9 heteroatoms. The molecule has 1 aromatic rings. The lowest BCUT2D eigenvalue weighted by molar-refractivity contribution is -0.148. The van der Waals surface area contributed by atoms with Crippen molar-refractivity contribution < 1.29 is 23.9 Å².